The van der Waals surface area contributed by atoms with Crippen molar-refractivity contribution in [1.29, 1.82) is 0 Å². The molecule has 1 aromatic rings. The summed E-state index contributed by atoms with van der Waals surface area (Å²) in [5.41, 5.74) is 2.42. The molecule has 2 rings (SSSR count). The van der Waals surface area contributed by atoms with E-state index in [2.05, 4.69) is 15.2 Å². The second-order valence-corrected chi connectivity index (χ2v) is 5.46. The summed E-state index contributed by atoms with van der Waals surface area (Å²) < 4.78 is 0. The highest BCUT2D eigenvalue weighted by atomic mass is 16.4. The van der Waals surface area contributed by atoms with Crippen molar-refractivity contribution in [1.82, 2.24) is 9.88 Å². The molecule has 2 N–H and O–H groups in total. The number of hydrogen-bond acceptors (Lipinski definition) is 4. The fourth-order valence-corrected chi connectivity index (χ4v) is 2.57. The third kappa shape index (κ3) is 3.23. The lowest BCUT2D eigenvalue weighted by Crippen LogP contribution is -2.30. The molecular weight excluding hydrogens is 242 g/mol. The van der Waals surface area contributed by atoms with Gasteiger partial charge in [-0.15, -0.1) is 0 Å². The van der Waals surface area contributed by atoms with Crippen LogP contribution in [0.15, 0.2) is 6.07 Å². The number of aromatic carboxylic acids is 1. The molecule has 5 nitrogen and oxygen atoms in total. The second-order valence-electron chi connectivity index (χ2n) is 5.46. The molecule has 1 heterocycles. The van der Waals surface area contributed by atoms with Gasteiger partial charge in [0.05, 0.1) is 0 Å². The molecular formula is C14H21N3O2. The highest BCUT2D eigenvalue weighted by Crippen LogP contribution is 2.25. The van der Waals surface area contributed by atoms with E-state index in [1.54, 1.807) is 6.07 Å². The fourth-order valence-electron chi connectivity index (χ4n) is 2.57. The lowest BCUT2D eigenvalue weighted by Gasteiger charge is -2.20. The van der Waals surface area contributed by atoms with Crippen LogP contribution < -0.4 is 5.32 Å². The van der Waals surface area contributed by atoms with Crippen molar-refractivity contribution >= 4 is 11.8 Å². The van der Waals surface area contributed by atoms with E-state index in [9.17, 15) is 9.90 Å². The number of hydrogen-bond donors (Lipinski definition) is 2. The van der Waals surface area contributed by atoms with Gasteiger partial charge in [0.2, 0.25) is 0 Å². The highest BCUT2D eigenvalue weighted by molar-refractivity contribution is 5.93. The van der Waals surface area contributed by atoms with E-state index in [0.717, 1.165) is 37.1 Å². The van der Waals surface area contributed by atoms with Crippen molar-refractivity contribution < 1.29 is 9.90 Å². The monoisotopic (exact) mass is 263 g/mol. The number of nitrogens with one attached hydrogen (secondary N) is 1. The Morgan fingerprint density at radius 1 is 1.53 bits per heavy atom. The minimum Gasteiger partial charge on any atom is -0.478 e. The molecule has 104 valence electrons. The summed E-state index contributed by atoms with van der Waals surface area (Å²) in [7, 11) is 3.98. The van der Waals surface area contributed by atoms with Gasteiger partial charge in [-0.2, -0.15) is 0 Å². The van der Waals surface area contributed by atoms with E-state index in [1.165, 1.54) is 0 Å². The van der Waals surface area contributed by atoms with E-state index >= 15 is 0 Å². The predicted molar refractivity (Wildman–Crippen MR) is 74.9 cm³/mol. The smallest absolute Gasteiger partial charge is 0.339 e. The normalized spacial score (nSPS) is 15.4. The maximum Gasteiger partial charge on any atom is 0.339 e. The van der Waals surface area contributed by atoms with Crippen LogP contribution in [-0.4, -0.2) is 47.6 Å². The standard InChI is InChI=1S/C14H21N3O2/c1-9(8-17(2)3)15-13-11(14(18)19)7-10-5-4-6-12(10)16-13/h7,9H,4-6,8H2,1-3H3,(H,15,16)(H,18,19). The van der Waals surface area contributed by atoms with Crippen LogP contribution in [0.2, 0.25) is 0 Å². The lowest BCUT2D eigenvalue weighted by molar-refractivity contribution is 0.0697. The van der Waals surface area contributed by atoms with Gasteiger partial charge in [-0.05, 0) is 51.9 Å². The maximum absolute atomic E-state index is 11.3. The molecule has 1 atom stereocenters. The number of aryl methyl sites for hydroxylation is 2. The molecule has 5 heteroatoms. The van der Waals surface area contributed by atoms with Crippen LogP contribution in [0.4, 0.5) is 5.82 Å². The first-order chi connectivity index (χ1) is 8.97. The Balaban J connectivity index is 2.25. The Morgan fingerprint density at radius 2 is 2.26 bits per heavy atom. The molecule has 0 saturated carbocycles. The summed E-state index contributed by atoms with van der Waals surface area (Å²) in [6.45, 7) is 2.86. The van der Waals surface area contributed by atoms with Gasteiger partial charge in [0.1, 0.15) is 11.4 Å². The number of likely N-dealkylation sites (N-methyl/N-ethyl adjacent to an activating group) is 1. The SMILES string of the molecule is CC(CN(C)C)Nc1nc2c(cc1C(=O)O)CCC2. The van der Waals surface area contributed by atoms with Gasteiger partial charge < -0.3 is 15.3 Å². The van der Waals surface area contributed by atoms with Crippen molar-refractivity contribution in [3.05, 3.63) is 22.9 Å². The summed E-state index contributed by atoms with van der Waals surface area (Å²) in [5.74, 6) is -0.413. The maximum atomic E-state index is 11.3. The van der Waals surface area contributed by atoms with Crippen molar-refractivity contribution in [3.8, 4) is 0 Å². The number of rotatable bonds is 5. The first-order valence-electron chi connectivity index (χ1n) is 6.64. The first-order valence-corrected chi connectivity index (χ1v) is 6.64. The molecule has 0 aromatic carbocycles. The van der Waals surface area contributed by atoms with E-state index in [4.69, 9.17) is 0 Å². The minimum absolute atomic E-state index is 0.153. The molecule has 0 spiro atoms. The Kier molecular flexibility index (Phi) is 4.04. The van der Waals surface area contributed by atoms with Gasteiger partial charge in [0, 0.05) is 18.3 Å². The highest BCUT2D eigenvalue weighted by Gasteiger charge is 2.20. The van der Waals surface area contributed by atoms with Crippen LogP contribution in [0, 0.1) is 0 Å². The number of carboxylic acids is 1. The average molecular weight is 263 g/mol. The molecule has 0 aliphatic heterocycles. The van der Waals surface area contributed by atoms with E-state index in [0.29, 0.717) is 5.82 Å². The van der Waals surface area contributed by atoms with Crippen molar-refractivity contribution in [2.24, 2.45) is 0 Å². The predicted octanol–water partition coefficient (Wildman–Crippen LogP) is 1.63. The average Bonchev–Trinajstić information content (AvgIpc) is 2.73. The van der Waals surface area contributed by atoms with Gasteiger partial charge in [-0.25, -0.2) is 9.78 Å². The van der Waals surface area contributed by atoms with Gasteiger partial charge in [0.25, 0.3) is 0 Å². The number of nitrogens with zero attached hydrogens (tertiary/aromatic N) is 2. The van der Waals surface area contributed by atoms with Crippen molar-refractivity contribution in [3.63, 3.8) is 0 Å². The minimum atomic E-state index is -0.915. The molecule has 1 unspecified atom stereocenters. The zero-order chi connectivity index (χ0) is 14.0. The zero-order valence-electron chi connectivity index (χ0n) is 11.7. The number of fused-ring (bicyclic) bond motifs is 1. The second kappa shape index (κ2) is 5.57. The number of aromatic nitrogens is 1. The Labute approximate surface area is 113 Å². The van der Waals surface area contributed by atoms with Crippen LogP contribution in [0.5, 0.6) is 0 Å². The van der Waals surface area contributed by atoms with E-state index in [-0.39, 0.29) is 11.6 Å². The Hall–Kier alpha value is -1.62. The quantitative estimate of drug-likeness (QED) is 0.845. The van der Waals surface area contributed by atoms with Crippen LogP contribution in [0.25, 0.3) is 0 Å². The van der Waals surface area contributed by atoms with Gasteiger partial charge in [-0.3, -0.25) is 0 Å². The van der Waals surface area contributed by atoms with Crippen LogP contribution in [0.3, 0.4) is 0 Å². The third-order valence-corrected chi connectivity index (χ3v) is 3.30. The summed E-state index contributed by atoms with van der Waals surface area (Å²) in [6.07, 6.45) is 2.96. The van der Waals surface area contributed by atoms with E-state index < -0.39 is 5.97 Å². The fraction of sp³-hybridized carbons (Fsp3) is 0.571. The molecule has 0 fully saturated rings. The number of pyridine rings is 1. The summed E-state index contributed by atoms with van der Waals surface area (Å²) in [5, 5.41) is 12.5. The topological polar surface area (TPSA) is 65.5 Å². The molecule has 0 saturated heterocycles. The van der Waals surface area contributed by atoms with Gasteiger partial charge >= 0.3 is 5.97 Å². The largest absolute Gasteiger partial charge is 0.478 e. The van der Waals surface area contributed by atoms with Crippen LogP contribution in [-0.2, 0) is 12.8 Å². The molecule has 0 amide bonds. The van der Waals surface area contributed by atoms with Crippen molar-refractivity contribution in [2.45, 2.75) is 32.2 Å². The number of anilines is 1. The van der Waals surface area contributed by atoms with Gasteiger partial charge in [-0.1, -0.05) is 0 Å². The lowest BCUT2D eigenvalue weighted by atomic mass is 10.1. The molecule has 19 heavy (non-hydrogen) atoms. The number of carboxylic acid groups (broad SMARTS) is 1. The van der Waals surface area contributed by atoms with Crippen LogP contribution in [0.1, 0.15) is 35.0 Å². The molecule has 0 bridgehead atoms. The van der Waals surface area contributed by atoms with Gasteiger partial charge in [0.15, 0.2) is 0 Å². The summed E-state index contributed by atoms with van der Waals surface area (Å²) in [4.78, 5) is 17.9. The molecule has 0 radical (unpaired) electrons. The van der Waals surface area contributed by atoms with Crippen LogP contribution >= 0.6 is 0 Å². The van der Waals surface area contributed by atoms with Crippen molar-refractivity contribution in [2.75, 3.05) is 26.0 Å². The summed E-state index contributed by atoms with van der Waals surface area (Å²) >= 11 is 0. The first kappa shape index (κ1) is 13.8. The summed E-state index contributed by atoms with van der Waals surface area (Å²) in [6, 6.07) is 1.93. The Morgan fingerprint density at radius 3 is 2.89 bits per heavy atom. The molecule has 1 aromatic heterocycles. The van der Waals surface area contributed by atoms with E-state index in [1.807, 2.05) is 21.0 Å². The zero-order valence-corrected chi connectivity index (χ0v) is 11.7. The third-order valence-electron chi connectivity index (χ3n) is 3.30. The molecule has 1 aliphatic rings. The molecule has 1 aliphatic carbocycles. The Bertz CT molecular complexity index is 486. The number of carbonyl (C=O) groups is 1.